The predicted octanol–water partition coefficient (Wildman–Crippen LogP) is 0.614. The second-order valence-corrected chi connectivity index (χ2v) is 6.96. The summed E-state index contributed by atoms with van der Waals surface area (Å²) in [6, 6.07) is -0.371. The number of rotatable bonds is 4. The van der Waals surface area contributed by atoms with Crippen molar-refractivity contribution in [3.63, 3.8) is 0 Å². The van der Waals surface area contributed by atoms with Crippen LogP contribution in [0.3, 0.4) is 0 Å². The van der Waals surface area contributed by atoms with Gasteiger partial charge in [-0.15, -0.1) is 0 Å². The third-order valence-corrected chi connectivity index (χ3v) is 4.73. The van der Waals surface area contributed by atoms with E-state index in [1.807, 2.05) is 7.05 Å². The standard InChI is InChI=1S/C16H29N3O3/c1-16(2,12-19-8-10-22-11-9-19)18(3)15(21)13-6-4-5-7-14(20)17-13/h13H,4-12H2,1-3H3,(H,17,20). The topological polar surface area (TPSA) is 61.9 Å². The molecule has 2 aliphatic heterocycles. The van der Waals surface area contributed by atoms with Crippen LogP contribution in [-0.4, -0.2) is 73.1 Å². The van der Waals surface area contributed by atoms with Crippen molar-refractivity contribution in [3.05, 3.63) is 0 Å². The highest BCUT2D eigenvalue weighted by Gasteiger charge is 2.34. The number of ether oxygens (including phenoxy) is 1. The van der Waals surface area contributed by atoms with Gasteiger partial charge in [-0.3, -0.25) is 14.5 Å². The van der Waals surface area contributed by atoms with Crippen LogP contribution in [-0.2, 0) is 14.3 Å². The number of morpholine rings is 1. The molecule has 2 amide bonds. The Hall–Kier alpha value is -1.14. The molecule has 0 saturated carbocycles. The van der Waals surface area contributed by atoms with E-state index in [0.29, 0.717) is 6.42 Å². The van der Waals surface area contributed by atoms with E-state index in [0.717, 1.165) is 52.1 Å². The van der Waals surface area contributed by atoms with Gasteiger partial charge in [0.2, 0.25) is 11.8 Å². The SMILES string of the molecule is CN(C(=O)C1CCCCC(=O)N1)C(C)(C)CN1CCOCC1. The number of nitrogens with one attached hydrogen (secondary N) is 1. The summed E-state index contributed by atoms with van der Waals surface area (Å²) in [5.41, 5.74) is -0.272. The zero-order chi connectivity index (χ0) is 16.2. The van der Waals surface area contributed by atoms with E-state index >= 15 is 0 Å². The molecule has 1 N–H and O–H groups in total. The minimum atomic E-state index is -0.371. The Kier molecular flexibility index (Phi) is 5.81. The van der Waals surface area contributed by atoms with Gasteiger partial charge < -0.3 is 15.0 Å². The first-order valence-electron chi connectivity index (χ1n) is 8.27. The van der Waals surface area contributed by atoms with Crippen LogP contribution >= 0.6 is 0 Å². The number of hydrogen-bond donors (Lipinski definition) is 1. The molecule has 2 saturated heterocycles. The number of amides is 2. The molecule has 1 atom stereocenters. The van der Waals surface area contributed by atoms with Crippen LogP contribution in [0.4, 0.5) is 0 Å². The summed E-state index contributed by atoms with van der Waals surface area (Å²) in [4.78, 5) is 28.6. The maximum absolute atomic E-state index is 12.8. The minimum Gasteiger partial charge on any atom is -0.379 e. The molecule has 0 aromatic rings. The molecule has 6 heteroatoms. The van der Waals surface area contributed by atoms with Gasteiger partial charge >= 0.3 is 0 Å². The van der Waals surface area contributed by atoms with Crippen LogP contribution in [0.1, 0.15) is 39.5 Å². The molecule has 1 unspecified atom stereocenters. The summed E-state index contributed by atoms with van der Waals surface area (Å²) in [6.45, 7) is 8.31. The zero-order valence-corrected chi connectivity index (χ0v) is 14.1. The Morgan fingerprint density at radius 1 is 1.36 bits per heavy atom. The molecule has 6 nitrogen and oxygen atoms in total. The van der Waals surface area contributed by atoms with Gasteiger partial charge in [0.25, 0.3) is 0 Å². The Balaban J connectivity index is 1.96. The van der Waals surface area contributed by atoms with Crippen LogP contribution in [0.25, 0.3) is 0 Å². The normalized spacial score (nSPS) is 24.5. The molecular weight excluding hydrogens is 282 g/mol. The average Bonchev–Trinajstić information content (AvgIpc) is 2.71. The lowest BCUT2D eigenvalue weighted by Gasteiger charge is -2.42. The zero-order valence-electron chi connectivity index (χ0n) is 14.1. The van der Waals surface area contributed by atoms with Gasteiger partial charge in [0.15, 0.2) is 0 Å². The first kappa shape index (κ1) is 17.2. The smallest absolute Gasteiger partial charge is 0.245 e. The minimum absolute atomic E-state index is 0.00441. The summed E-state index contributed by atoms with van der Waals surface area (Å²) in [6.07, 6.45) is 3.07. The van der Waals surface area contributed by atoms with Gasteiger partial charge in [0.1, 0.15) is 6.04 Å². The van der Waals surface area contributed by atoms with Gasteiger partial charge in [0, 0.05) is 38.6 Å². The third kappa shape index (κ3) is 4.43. The molecule has 0 aromatic carbocycles. The van der Waals surface area contributed by atoms with E-state index < -0.39 is 0 Å². The van der Waals surface area contributed by atoms with E-state index in [1.165, 1.54) is 0 Å². The fourth-order valence-electron chi connectivity index (χ4n) is 3.10. The lowest BCUT2D eigenvalue weighted by Crippen LogP contribution is -2.58. The van der Waals surface area contributed by atoms with E-state index in [2.05, 4.69) is 24.1 Å². The largest absolute Gasteiger partial charge is 0.379 e. The van der Waals surface area contributed by atoms with Gasteiger partial charge in [0.05, 0.1) is 13.2 Å². The van der Waals surface area contributed by atoms with Crippen molar-refractivity contribution in [2.75, 3.05) is 39.9 Å². The Morgan fingerprint density at radius 3 is 2.73 bits per heavy atom. The van der Waals surface area contributed by atoms with Crippen molar-refractivity contribution in [2.24, 2.45) is 0 Å². The molecule has 0 radical (unpaired) electrons. The molecule has 0 aromatic heterocycles. The molecule has 2 heterocycles. The summed E-state index contributed by atoms with van der Waals surface area (Å²) >= 11 is 0. The monoisotopic (exact) mass is 311 g/mol. The Bertz CT molecular complexity index is 405. The van der Waals surface area contributed by atoms with Crippen LogP contribution in [0.5, 0.6) is 0 Å². The van der Waals surface area contributed by atoms with Crippen LogP contribution in [0.15, 0.2) is 0 Å². The van der Waals surface area contributed by atoms with E-state index in [9.17, 15) is 9.59 Å². The van der Waals surface area contributed by atoms with Gasteiger partial charge in [-0.2, -0.15) is 0 Å². The first-order chi connectivity index (χ1) is 10.4. The maximum atomic E-state index is 12.8. The second-order valence-electron chi connectivity index (χ2n) is 6.96. The predicted molar refractivity (Wildman–Crippen MR) is 84.5 cm³/mol. The highest BCUT2D eigenvalue weighted by molar-refractivity contribution is 5.88. The van der Waals surface area contributed by atoms with E-state index in [4.69, 9.17) is 4.74 Å². The van der Waals surface area contributed by atoms with Crippen molar-refractivity contribution in [1.29, 1.82) is 0 Å². The lowest BCUT2D eigenvalue weighted by molar-refractivity contribution is -0.140. The fraction of sp³-hybridized carbons (Fsp3) is 0.875. The van der Waals surface area contributed by atoms with Gasteiger partial charge in [-0.25, -0.2) is 0 Å². The first-order valence-corrected chi connectivity index (χ1v) is 8.27. The van der Waals surface area contributed by atoms with Gasteiger partial charge in [-0.05, 0) is 26.7 Å². The fourth-order valence-corrected chi connectivity index (χ4v) is 3.10. The van der Waals surface area contributed by atoms with Crippen molar-refractivity contribution < 1.29 is 14.3 Å². The molecule has 0 aliphatic carbocycles. The molecule has 2 aliphatic rings. The van der Waals surface area contributed by atoms with Crippen molar-refractivity contribution >= 4 is 11.8 Å². The van der Waals surface area contributed by atoms with E-state index in [1.54, 1.807) is 4.90 Å². The number of hydrogen-bond acceptors (Lipinski definition) is 4. The number of carbonyl (C=O) groups is 2. The molecule has 2 fully saturated rings. The second kappa shape index (κ2) is 7.42. The summed E-state index contributed by atoms with van der Waals surface area (Å²) < 4.78 is 5.37. The number of likely N-dealkylation sites (N-methyl/N-ethyl adjacent to an activating group) is 1. The number of carbonyl (C=O) groups excluding carboxylic acids is 2. The van der Waals surface area contributed by atoms with Crippen LogP contribution in [0.2, 0.25) is 0 Å². The van der Waals surface area contributed by atoms with E-state index in [-0.39, 0.29) is 23.4 Å². The maximum Gasteiger partial charge on any atom is 0.245 e. The molecule has 0 bridgehead atoms. The summed E-state index contributed by atoms with van der Waals surface area (Å²) in [5, 5.41) is 2.87. The molecule has 126 valence electrons. The molecule has 22 heavy (non-hydrogen) atoms. The highest BCUT2D eigenvalue weighted by Crippen LogP contribution is 2.19. The van der Waals surface area contributed by atoms with Crippen LogP contribution in [0, 0.1) is 0 Å². The quantitative estimate of drug-likeness (QED) is 0.826. The Morgan fingerprint density at radius 2 is 2.05 bits per heavy atom. The Labute approximate surface area is 133 Å². The molecule has 0 spiro atoms. The average molecular weight is 311 g/mol. The molecule has 2 rings (SSSR count). The molecular formula is C16H29N3O3. The summed E-state index contributed by atoms with van der Waals surface area (Å²) in [5.74, 6) is 0.0174. The lowest BCUT2D eigenvalue weighted by atomic mass is 10.00. The third-order valence-electron chi connectivity index (χ3n) is 4.73. The summed E-state index contributed by atoms with van der Waals surface area (Å²) in [7, 11) is 1.85. The highest BCUT2D eigenvalue weighted by atomic mass is 16.5. The van der Waals surface area contributed by atoms with Crippen molar-refractivity contribution in [2.45, 2.75) is 51.1 Å². The van der Waals surface area contributed by atoms with Crippen molar-refractivity contribution in [1.82, 2.24) is 15.1 Å². The number of nitrogens with zero attached hydrogens (tertiary/aromatic N) is 2. The van der Waals surface area contributed by atoms with Gasteiger partial charge in [-0.1, -0.05) is 6.42 Å². The van der Waals surface area contributed by atoms with Crippen LogP contribution < -0.4 is 5.32 Å². The van der Waals surface area contributed by atoms with Crippen molar-refractivity contribution in [3.8, 4) is 0 Å².